The summed E-state index contributed by atoms with van der Waals surface area (Å²) in [5.41, 5.74) is 0.730. The van der Waals surface area contributed by atoms with Gasteiger partial charge in [-0.05, 0) is 37.5 Å². The molecular weight excluding hydrogens is 230 g/mol. The second-order valence-corrected chi connectivity index (χ2v) is 5.02. The first-order valence-corrected chi connectivity index (χ1v) is 6.29. The summed E-state index contributed by atoms with van der Waals surface area (Å²) in [6, 6.07) is 8.15. The average molecular weight is 249 g/mol. The maximum Gasteiger partial charge on any atom is 0.335 e. The summed E-state index contributed by atoms with van der Waals surface area (Å²) in [6.45, 7) is 3.40. The molecule has 18 heavy (non-hydrogen) atoms. The van der Waals surface area contributed by atoms with E-state index in [1.54, 1.807) is 0 Å². The molecule has 0 radical (unpaired) electrons. The number of benzene rings is 1. The van der Waals surface area contributed by atoms with E-state index in [-0.39, 0.29) is 6.42 Å². The van der Waals surface area contributed by atoms with Crippen molar-refractivity contribution >= 4 is 11.7 Å². The van der Waals surface area contributed by atoms with Crippen LogP contribution in [0.3, 0.4) is 0 Å². The third-order valence-electron chi connectivity index (χ3n) is 3.58. The highest BCUT2D eigenvalue weighted by Crippen LogP contribution is 2.26. The molecule has 1 aromatic rings. The molecule has 0 aromatic heterocycles. The average Bonchev–Trinajstić information content (AvgIpc) is 2.52. The molecule has 0 amide bonds. The van der Waals surface area contributed by atoms with Gasteiger partial charge in [-0.25, -0.2) is 4.79 Å². The lowest BCUT2D eigenvalue weighted by atomic mass is 9.95. The molecule has 1 atom stereocenters. The highest BCUT2D eigenvalue weighted by atomic mass is 16.4. The van der Waals surface area contributed by atoms with Crippen molar-refractivity contribution in [1.29, 1.82) is 0 Å². The molecule has 1 aliphatic heterocycles. The van der Waals surface area contributed by atoms with E-state index < -0.39 is 11.6 Å². The van der Waals surface area contributed by atoms with Crippen molar-refractivity contribution in [2.24, 2.45) is 0 Å². The van der Waals surface area contributed by atoms with Gasteiger partial charge >= 0.3 is 5.97 Å². The van der Waals surface area contributed by atoms with Crippen molar-refractivity contribution in [3.63, 3.8) is 0 Å². The van der Waals surface area contributed by atoms with Crippen molar-refractivity contribution in [3.8, 4) is 0 Å². The second-order valence-electron chi connectivity index (χ2n) is 5.02. The number of rotatable bonds is 2. The van der Waals surface area contributed by atoms with Crippen LogP contribution in [0.25, 0.3) is 0 Å². The van der Waals surface area contributed by atoms with Gasteiger partial charge in [0.25, 0.3) is 0 Å². The fraction of sp³-hybridized carbons (Fsp3) is 0.500. The molecule has 1 saturated heterocycles. The highest BCUT2D eigenvalue weighted by Gasteiger charge is 2.37. The molecule has 1 aromatic carbocycles. The first kappa shape index (κ1) is 12.9. The number of carboxylic acid groups (broad SMARTS) is 1. The van der Waals surface area contributed by atoms with Crippen LogP contribution in [0.2, 0.25) is 0 Å². The van der Waals surface area contributed by atoms with Gasteiger partial charge in [0.05, 0.1) is 0 Å². The zero-order valence-electron chi connectivity index (χ0n) is 10.6. The summed E-state index contributed by atoms with van der Waals surface area (Å²) >= 11 is 0. The first-order chi connectivity index (χ1) is 8.51. The molecule has 4 nitrogen and oxygen atoms in total. The van der Waals surface area contributed by atoms with Crippen LogP contribution < -0.4 is 4.90 Å². The molecule has 0 saturated carbocycles. The Labute approximate surface area is 107 Å². The van der Waals surface area contributed by atoms with Crippen molar-refractivity contribution in [2.75, 3.05) is 18.0 Å². The molecule has 1 heterocycles. The third-order valence-corrected chi connectivity index (χ3v) is 3.58. The van der Waals surface area contributed by atoms with Crippen LogP contribution in [0.1, 0.15) is 24.8 Å². The van der Waals surface area contributed by atoms with Gasteiger partial charge in [-0.2, -0.15) is 0 Å². The summed E-state index contributed by atoms with van der Waals surface area (Å²) in [5, 5.41) is 19.1. The van der Waals surface area contributed by atoms with E-state index in [2.05, 4.69) is 11.0 Å². The van der Waals surface area contributed by atoms with Gasteiger partial charge in [-0.3, -0.25) is 0 Å². The van der Waals surface area contributed by atoms with E-state index in [1.807, 2.05) is 25.1 Å². The van der Waals surface area contributed by atoms with Crippen molar-refractivity contribution in [3.05, 3.63) is 29.8 Å². The number of hydrogen-bond donors (Lipinski definition) is 2. The van der Waals surface area contributed by atoms with Crippen LogP contribution >= 0.6 is 0 Å². The molecule has 2 rings (SSSR count). The monoisotopic (exact) mass is 249 g/mol. The summed E-state index contributed by atoms with van der Waals surface area (Å²) in [5.74, 6) is -1.10. The molecule has 0 spiro atoms. The first-order valence-electron chi connectivity index (χ1n) is 6.29. The Hall–Kier alpha value is -1.55. The Morgan fingerprint density at radius 1 is 1.33 bits per heavy atom. The molecule has 0 bridgehead atoms. The maximum absolute atomic E-state index is 11.1. The molecular formula is C14H19NO3. The minimum Gasteiger partial charge on any atom is -0.479 e. The quantitative estimate of drug-likeness (QED) is 0.839. The van der Waals surface area contributed by atoms with Gasteiger partial charge in [0.15, 0.2) is 5.60 Å². The minimum atomic E-state index is -1.56. The van der Waals surface area contributed by atoms with Crippen molar-refractivity contribution in [2.45, 2.75) is 31.8 Å². The lowest BCUT2D eigenvalue weighted by Crippen LogP contribution is -2.39. The molecule has 0 aliphatic carbocycles. The fourth-order valence-corrected chi connectivity index (χ4v) is 2.42. The van der Waals surface area contributed by atoms with E-state index >= 15 is 0 Å². The van der Waals surface area contributed by atoms with E-state index in [0.29, 0.717) is 19.4 Å². The Morgan fingerprint density at radius 3 is 2.78 bits per heavy atom. The van der Waals surface area contributed by atoms with Crippen molar-refractivity contribution in [1.82, 2.24) is 0 Å². The molecule has 98 valence electrons. The summed E-state index contributed by atoms with van der Waals surface area (Å²) in [7, 11) is 0. The van der Waals surface area contributed by atoms with Gasteiger partial charge in [0.1, 0.15) is 0 Å². The fourth-order valence-electron chi connectivity index (χ4n) is 2.42. The standard InChI is InChI=1S/C14H19NO3/c1-11-4-2-5-12(10-11)15-8-3-6-14(18,7-9-15)13(16)17/h2,4-5,10,18H,3,6-9H2,1H3,(H,16,17). The SMILES string of the molecule is Cc1cccc(N2CCCC(O)(C(=O)O)CC2)c1. The molecule has 2 N–H and O–H groups in total. The van der Waals surface area contributed by atoms with Crippen LogP contribution in [0.15, 0.2) is 24.3 Å². The van der Waals surface area contributed by atoms with E-state index in [4.69, 9.17) is 5.11 Å². The molecule has 1 unspecified atom stereocenters. The topological polar surface area (TPSA) is 60.8 Å². The van der Waals surface area contributed by atoms with Crippen LogP contribution in [0.4, 0.5) is 5.69 Å². The molecule has 1 fully saturated rings. The largest absolute Gasteiger partial charge is 0.479 e. The number of hydrogen-bond acceptors (Lipinski definition) is 3. The number of nitrogens with zero attached hydrogens (tertiary/aromatic N) is 1. The number of aliphatic hydroxyl groups is 1. The number of aliphatic carboxylic acids is 1. The van der Waals surface area contributed by atoms with Crippen molar-refractivity contribution < 1.29 is 15.0 Å². The Bertz CT molecular complexity index is 446. The number of carbonyl (C=O) groups is 1. The lowest BCUT2D eigenvalue weighted by molar-refractivity contribution is -0.159. The predicted molar refractivity (Wildman–Crippen MR) is 69.8 cm³/mol. The zero-order chi connectivity index (χ0) is 13.2. The van der Waals surface area contributed by atoms with E-state index in [1.165, 1.54) is 5.56 Å². The van der Waals surface area contributed by atoms with Crippen LogP contribution in [0.5, 0.6) is 0 Å². The Balaban J connectivity index is 2.12. The van der Waals surface area contributed by atoms with Gasteiger partial charge in [-0.1, -0.05) is 12.1 Å². The molecule has 4 heteroatoms. The van der Waals surface area contributed by atoms with Crippen LogP contribution in [0, 0.1) is 6.92 Å². The normalized spacial score (nSPS) is 24.7. The predicted octanol–water partition coefficient (Wildman–Crippen LogP) is 1.80. The van der Waals surface area contributed by atoms with E-state index in [9.17, 15) is 9.90 Å². The second kappa shape index (κ2) is 4.98. The summed E-state index contributed by atoms with van der Waals surface area (Å²) < 4.78 is 0. The summed E-state index contributed by atoms with van der Waals surface area (Å²) in [4.78, 5) is 13.2. The molecule has 1 aliphatic rings. The highest BCUT2D eigenvalue weighted by molar-refractivity contribution is 5.77. The van der Waals surface area contributed by atoms with Gasteiger partial charge in [-0.15, -0.1) is 0 Å². The van der Waals surface area contributed by atoms with E-state index in [0.717, 1.165) is 12.2 Å². The van der Waals surface area contributed by atoms with Crippen LogP contribution in [-0.4, -0.2) is 34.9 Å². The van der Waals surface area contributed by atoms with Gasteiger partial charge in [0.2, 0.25) is 0 Å². The number of carboxylic acids is 1. The maximum atomic E-state index is 11.1. The van der Waals surface area contributed by atoms with Crippen LogP contribution in [-0.2, 0) is 4.79 Å². The third kappa shape index (κ3) is 2.64. The van der Waals surface area contributed by atoms with Gasteiger partial charge < -0.3 is 15.1 Å². The lowest BCUT2D eigenvalue weighted by Gasteiger charge is -2.24. The summed E-state index contributed by atoms with van der Waals surface area (Å²) in [6.07, 6.45) is 1.29. The number of aryl methyl sites for hydroxylation is 1. The smallest absolute Gasteiger partial charge is 0.335 e. The number of anilines is 1. The van der Waals surface area contributed by atoms with Gasteiger partial charge in [0, 0.05) is 25.2 Å². The minimum absolute atomic E-state index is 0.274. The zero-order valence-corrected chi connectivity index (χ0v) is 10.6. The Morgan fingerprint density at radius 2 is 2.11 bits per heavy atom. The Kier molecular flexibility index (Phi) is 3.57.